The van der Waals surface area contributed by atoms with E-state index in [2.05, 4.69) is 4.98 Å². The molecule has 2 atom stereocenters. The first-order valence-electron chi connectivity index (χ1n) is 5.81. The summed E-state index contributed by atoms with van der Waals surface area (Å²) in [6.45, 7) is 0. The van der Waals surface area contributed by atoms with Crippen molar-refractivity contribution in [3.05, 3.63) is 22.4 Å². The molecule has 0 aliphatic heterocycles. The van der Waals surface area contributed by atoms with Crippen molar-refractivity contribution >= 4 is 50.2 Å². The van der Waals surface area contributed by atoms with E-state index in [0.717, 1.165) is 4.70 Å². The van der Waals surface area contributed by atoms with E-state index in [0.29, 0.717) is 22.8 Å². The van der Waals surface area contributed by atoms with Crippen LogP contribution in [0.15, 0.2) is 12.1 Å². The number of rotatable bonds is 3. The normalized spacial score (nSPS) is 21.6. The van der Waals surface area contributed by atoms with Gasteiger partial charge in [0, 0.05) is 23.7 Å². The van der Waals surface area contributed by atoms with E-state index in [1.807, 2.05) is 0 Å². The summed E-state index contributed by atoms with van der Waals surface area (Å²) in [5.41, 5.74) is -0.393. The third-order valence-corrected chi connectivity index (χ3v) is 4.30. The maximum atomic E-state index is 13.9. The summed E-state index contributed by atoms with van der Waals surface area (Å²) in [5.74, 6) is -0.430. The van der Waals surface area contributed by atoms with Gasteiger partial charge in [0.25, 0.3) is 0 Å². The fourth-order valence-corrected chi connectivity index (χ4v) is 3.14. The maximum absolute atomic E-state index is 13.9. The van der Waals surface area contributed by atoms with Crippen molar-refractivity contribution in [3.63, 3.8) is 0 Å². The minimum absolute atomic E-state index is 0.0955. The highest BCUT2D eigenvalue weighted by Crippen LogP contribution is 2.34. The summed E-state index contributed by atoms with van der Waals surface area (Å²) in [6, 6.07) is 2.82. The van der Waals surface area contributed by atoms with Gasteiger partial charge in [0.1, 0.15) is 12.2 Å². The van der Waals surface area contributed by atoms with Crippen molar-refractivity contribution in [3.8, 4) is 5.75 Å². The van der Waals surface area contributed by atoms with Crippen molar-refractivity contribution in [2.45, 2.75) is 25.0 Å². The average Bonchev–Trinajstić information content (AvgIpc) is 2.70. The van der Waals surface area contributed by atoms with Crippen LogP contribution in [0.2, 0.25) is 4.47 Å². The quantitative estimate of drug-likeness (QED) is 0.781. The van der Waals surface area contributed by atoms with Crippen LogP contribution in [0.3, 0.4) is 0 Å². The molecule has 0 saturated heterocycles. The lowest BCUT2D eigenvalue weighted by Gasteiger charge is -2.35. The van der Waals surface area contributed by atoms with Gasteiger partial charge in [0.2, 0.25) is 0 Å². The van der Waals surface area contributed by atoms with E-state index in [-0.39, 0.29) is 11.9 Å². The molecular weight excluding hydrogens is 328 g/mol. The molecule has 8 heteroatoms. The lowest BCUT2D eigenvalue weighted by molar-refractivity contribution is -0.0396. The van der Waals surface area contributed by atoms with Gasteiger partial charge in [0.15, 0.2) is 16.0 Å². The number of ether oxygens (including phenoxy) is 2. The zero-order valence-electron chi connectivity index (χ0n) is 9.94. The third-order valence-electron chi connectivity index (χ3n) is 3.09. The molecule has 2 unspecified atom stereocenters. The lowest BCUT2D eigenvalue weighted by atomic mass is 9.92. The molecule has 106 valence electrons. The molecule has 4 nitrogen and oxygen atoms in total. The Balaban J connectivity index is 1.80. The highest BCUT2D eigenvalue weighted by Gasteiger charge is 2.36. The molecule has 20 heavy (non-hydrogen) atoms. The number of carbonyl (C=O) groups is 1. The number of hydrogen-bond acceptors (Lipinski definition) is 5. The molecule has 1 aliphatic carbocycles. The van der Waals surface area contributed by atoms with E-state index >= 15 is 0 Å². The van der Waals surface area contributed by atoms with Crippen LogP contribution in [0.25, 0.3) is 10.2 Å². The van der Waals surface area contributed by atoms with Crippen molar-refractivity contribution in [2.24, 2.45) is 0 Å². The molecule has 2 aromatic rings. The molecule has 1 aromatic heterocycles. The van der Waals surface area contributed by atoms with E-state index < -0.39 is 17.3 Å². The molecular formula is C12H8Cl2FNO3S. The number of benzene rings is 1. The Morgan fingerprint density at radius 1 is 1.40 bits per heavy atom. The van der Waals surface area contributed by atoms with Gasteiger partial charge in [-0.05, 0) is 12.8 Å². The van der Waals surface area contributed by atoms with Crippen LogP contribution in [0.5, 0.6) is 5.75 Å². The van der Waals surface area contributed by atoms with Crippen LogP contribution >= 0.6 is 34.5 Å². The van der Waals surface area contributed by atoms with Crippen LogP contribution in [0.1, 0.15) is 12.8 Å². The lowest BCUT2D eigenvalue weighted by Crippen LogP contribution is -2.44. The van der Waals surface area contributed by atoms with Gasteiger partial charge < -0.3 is 9.47 Å². The Kier molecular flexibility index (Phi) is 3.70. The SMILES string of the molecule is O=C(Cl)OC1CCC1Oc1cc2sc(Cl)nc2cc1F. The van der Waals surface area contributed by atoms with E-state index in [1.165, 1.54) is 17.4 Å². The summed E-state index contributed by atoms with van der Waals surface area (Å²) in [7, 11) is 0. The van der Waals surface area contributed by atoms with Gasteiger partial charge in [-0.2, -0.15) is 0 Å². The Labute approximate surface area is 127 Å². The molecule has 0 radical (unpaired) electrons. The first-order chi connectivity index (χ1) is 9.52. The number of carbonyl (C=O) groups excluding carboxylic acids is 1. The fourth-order valence-electron chi connectivity index (χ4n) is 1.98. The molecule has 1 fully saturated rings. The zero-order chi connectivity index (χ0) is 14.3. The first-order valence-corrected chi connectivity index (χ1v) is 7.38. The van der Waals surface area contributed by atoms with Crippen molar-refractivity contribution in [1.29, 1.82) is 0 Å². The molecule has 0 spiro atoms. The van der Waals surface area contributed by atoms with Gasteiger partial charge in [-0.3, -0.25) is 0 Å². The maximum Gasteiger partial charge on any atom is 0.404 e. The summed E-state index contributed by atoms with van der Waals surface area (Å²) in [4.78, 5) is 14.7. The van der Waals surface area contributed by atoms with Gasteiger partial charge in [-0.1, -0.05) is 11.6 Å². The third kappa shape index (κ3) is 2.68. The largest absolute Gasteiger partial charge is 0.483 e. The highest BCUT2D eigenvalue weighted by molar-refractivity contribution is 7.22. The molecule has 0 N–H and O–H groups in total. The van der Waals surface area contributed by atoms with Crippen molar-refractivity contribution in [1.82, 2.24) is 4.98 Å². The Morgan fingerprint density at radius 3 is 2.80 bits per heavy atom. The highest BCUT2D eigenvalue weighted by atomic mass is 35.5. The van der Waals surface area contributed by atoms with Crippen LogP contribution < -0.4 is 4.74 Å². The van der Waals surface area contributed by atoms with Crippen molar-refractivity contribution < 1.29 is 18.7 Å². The molecule has 1 aliphatic rings. The average molecular weight is 336 g/mol. The molecule has 0 amide bonds. The van der Waals surface area contributed by atoms with Gasteiger partial charge in [-0.25, -0.2) is 14.2 Å². The topological polar surface area (TPSA) is 48.4 Å². The number of aromatic nitrogens is 1. The first kappa shape index (κ1) is 13.9. The van der Waals surface area contributed by atoms with Crippen LogP contribution in [-0.2, 0) is 4.74 Å². The summed E-state index contributed by atoms with van der Waals surface area (Å²) >= 11 is 12.2. The van der Waals surface area contributed by atoms with E-state index in [9.17, 15) is 9.18 Å². The molecule has 1 heterocycles. The number of hydrogen-bond donors (Lipinski definition) is 0. The monoisotopic (exact) mass is 335 g/mol. The Morgan fingerprint density at radius 2 is 2.15 bits per heavy atom. The van der Waals surface area contributed by atoms with Crippen LogP contribution in [0.4, 0.5) is 9.18 Å². The van der Waals surface area contributed by atoms with Crippen molar-refractivity contribution in [2.75, 3.05) is 0 Å². The summed E-state index contributed by atoms with van der Waals surface area (Å²) < 4.78 is 25.4. The van der Waals surface area contributed by atoms with E-state index in [1.54, 1.807) is 6.07 Å². The molecule has 1 aromatic carbocycles. The smallest absolute Gasteiger partial charge is 0.404 e. The zero-order valence-corrected chi connectivity index (χ0v) is 12.3. The van der Waals surface area contributed by atoms with Gasteiger partial charge in [0.05, 0.1) is 10.2 Å². The predicted octanol–water partition coefficient (Wildman–Crippen LogP) is 4.37. The number of nitrogens with zero attached hydrogens (tertiary/aromatic N) is 1. The number of thiazole rings is 1. The minimum atomic E-state index is -0.881. The van der Waals surface area contributed by atoms with Gasteiger partial charge >= 0.3 is 5.43 Å². The molecule has 3 rings (SSSR count). The minimum Gasteiger partial charge on any atom is -0.483 e. The number of halogens is 3. The van der Waals surface area contributed by atoms with E-state index in [4.69, 9.17) is 32.7 Å². The molecule has 0 bridgehead atoms. The molecule has 1 saturated carbocycles. The second-order valence-corrected chi connectivity index (χ2v) is 6.27. The second-order valence-electron chi connectivity index (χ2n) is 4.34. The fraction of sp³-hybridized carbons (Fsp3) is 0.333. The standard InChI is InChI=1S/C12H8Cl2FNO3S/c13-11-16-6-3-5(15)9(4-10(6)20-11)18-7-1-2-8(7)19-12(14)17/h3-4,7-8H,1-2H2. The van der Waals surface area contributed by atoms with Crippen LogP contribution in [0, 0.1) is 5.82 Å². The summed E-state index contributed by atoms with van der Waals surface area (Å²) in [6.07, 6.45) is 0.517. The summed E-state index contributed by atoms with van der Waals surface area (Å²) in [5, 5.41) is 0. The predicted molar refractivity (Wildman–Crippen MR) is 74.4 cm³/mol. The van der Waals surface area contributed by atoms with Gasteiger partial charge in [-0.15, -0.1) is 11.3 Å². The Bertz CT molecular complexity index is 678. The second kappa shape index (κ2) is 5.35. The van der Waals surface area contributed by atoms with Crippen LogP contribution in [-0.4, -0.2) is 22.6 Å². The Hall–Kier alpha value is -1.11. The number of fused-ring (bicyclic) bond motifs is 1.